The molecular weight excluding hydrogens is 144 g/mol. The molecule has 11 heavy (non-hydrogen) atoms. The van der Waals surface area contributed by atoms with Gasteiger partial charge in [-0.25, -0.2) is 4.79 Å². The highest BCUT2D eigenvalue weighted by Gasteiger charge is 2.01. The molecule has 1 aromatic heterocycles. The minimum Gasteiger partial charge on any atom is -0.393 e. The lowest BCUT2D eigenvalue weighted by atomic mass is 10.6. The van der Waals surface area contributed by atoms with Crippen molar-refractivity contribution in [3.05, 3.63) is 18.3 Å². The first-order valence-corrected chi connectivity index (χ1v) is 3.36. The van der Waals surface area contributed by atoms with Crippen molar-refractivity contribution in [2.45, 2.75) is 13.5 Å². The third-order valence-electron chi connectivity index (χ3n) is 1.33. The molecule has 0 saturated carbocycles. The number of nitrogens with two attached hydrogens (primary N) is 1. The summed E-state index contributed by atoms with van der Waals surface area (Å²) in [4.78, 5) is 10.3. The van der Waals surface area contributed by atoms with E-state index in [4.69, 9.17) is 5.73 Å². The second kappa shape index (κ2) is 3.09. The zero-order valence-electron chi connectivity index (χ0n) is 6.28. The van der Waals surface area contributed by atoms with Crippen LogP contribution in [-0.4, -0.2) is 10.7 Å². The number of nitrogens with zero attached hydrogens (tertiary/aromatic N) is 1. The van der Waals surface area contributed by atoms with Gasteiger partial charge < -0.3 is 15.0 Å². The molecule has 4 nitrogen and oxygen atoms in total. The van der Waals surface area contributed by atoms with E-state index >= 15 is 0 Å². The van der Waals surface area contributed by atoms with Crippen molar-refractivity contribution in [2.24, 2.45) is 5.73 Å². The lowest BCUT2D eigenvalue weighted by Crippen LogP contribution is -2.17. The Morgan fingerprint density at radius 2 is 2.55 bits per heavy atom. The molecule has 1 rings (SSSR count). The second-order valence-electron chi connectivity index (χ2n) is 2.05. The minimum absolute atomic E-state index is 0.486. The lowest BCUT2D eigenvalue weighted by Gasteiger charge is -2.03. The van der Waals surface area contributed by atoms with Gasteiger partial charge in [0.25, 0.3) is 0 Å². The summed E-state index contributed by atoms with van der Waals surface area (Å²) < 4.78 is 6.46. The van der Waals surface area contributed by atoms with E-state index < -0.39 is 6.09 Å². The van der Waals surface area contributed by atoms with Crippen LogP contribution in [0.25, 0.3) is 0 Å². The Morgan fingerprint density at radius 1 is 1.82 bits per heavy atom. The van der Waals surface area contributed by atoms with Crippen LogP contribution in [0.1, 0.15) is 6.92 Å². The van der Waals surface area contributed by atoms with E-state index in [2.05, 4.69) is 4.74 Å². The molecule has 1 aromatic rings. The molecule has 0 spiro atoms. The van der Waals surface area contributed by atoms with Gasteiger partial charge in [0.2, 0.25) is 5.88 Å². The normalized spacial score (nSPS) is 9.55. The van der Waals surface area contributed by atoms with E-state index in [0.717, 1.165) is 6.54 Å². The highest BCUT2D eigenvalue weighted by molar-refractivity contribution is 5.67. The van der Waals surface area contributed by atoms with Crippen molar-refractivity contribution in [1.29, 1.82) is 0 Å². The minimum atomic E-state index is -0.779. The summed E-state index contributed by atoms with van der Waals surface area (Å²) in [7, 11) is 0. The van der Waals surface area contributed by atoms with Crippen LogP contribution >= 0.6 is 0 Å². The van der Waals surface area contributed by atoms with Gasteiger partial charge in [-0.1, -0.05) is 0 Å². The molecule has 0 atom stereocenters. The van der Waals surface area contributed by atoms with Crippen molar-refractivity contribution < 1.29 is 9.53 Å². The molecule has 0 aliphatic carbocycles. The molecule has 1 heterocycles. The number of aryl methyl sites for hydroxylation is 1. The zero-order chi connectivity index (χ0) is 8.27. The van der Waals surface area contributed by atoms with Gasteiger partial charge in [-0.3, -0.25) is 0 Å². The van der Waals surface area contributed by atoms with Crippen LogP contribution < -0.4 is 10.5 Å². The van der Waals surface area contributed by atoms with Gasteiger partial charge in [0.1, 0.15) is 0 Å². The Morgan fingerprint density at radius 3 is 3.09 bits per heavy atom. The number of hydrogen-bond acceptors (Lipinski definition) is 2. The molecule has 0 saturated heterocycles. The van der Waals surface area contributed by atoms with Gasteiger partial charge in [0.15, 0.2) is 0 Å². The second-order valence-corrected chi connectivity index (χ2v) is 2.05. The summed E-state index contributed by atoms with van der Waals surface area (Å²) in [6.45, 7) is 2.71. The van der Waals surface area contributed by atoms with E-state index in [1.807, 2.05) is 13.1 Å². The maximum absolute atomic E-state index is 10.3. The Labute approximate surface area is 64.6 Å². The lowest BCUT2D eigenvalue weighted by molar-refractivity contribution is 0.207. The summed E-state index contributed by atoms with van der Waals surface area (Å²) >= 11 is 0. The highest BCUT2D eigenvalue weighted by Crippen LogP contribution is 2.10. The predicted molar refractivity (Wildman–Crippen MR) is 40.3 cm³/mol. The zero-order valence-corrected chi connectivity index (χ0v) is 6.28. The van der Waals surface area contributed by atoms with Crippen molar-refractivity contribution >= 4 is 6.09 Å². The Kier molecular flexibility index (Phi) is 2.15. The number of primary amides is 1. The van der Waals surface area contributed by atoms with Crippen LogP contribution in [0.15, 0.2) is 18.3 Å². The topological polar surface area (TPSA) is 57.2 Å². The van der Waals surface area contributed by atoms with Crippen LogP contribution in [0.3, 0.4) is 0 Å². The van der Waals surface area contributed by atoms with Crippen molar-refractivity contribution in [2.75, 3.05) is 0 Å². The fourth-order valence-corrected chi connectivity index (χ4v) is 0.855. The van der Waals surface area contributed by atoms with E-state index in [-0.39, 0.29) is 0 Å². The Balaban J connectivity index is 2.76. The van der Waals surface area contributed by atoms with Gasteiger partial charge in [0.05, 0.1) is 0 Å². The van der Waals surface area contributed by atoms with Gasteiger partial charge in [0, 0.05) is 18.8 Å². The summed E-state index contributed by atoms with van der Waals surface area (Å²) in [5.74, 6) is 0.486. The van der Waals surface area contributed by atoms with Crippen molar-refractivity contribution in [1.82, 2.24) is 4.57 Å². The number of carbonyl (C=O) groups excluding carboxylic acids is 1. The van der Waals surface area contributed by atoms with Crippen molar-refractivity contribution in [3.8, 4) is 5.88 Å². The Bertz CT molecular complexity index is 255. The standard InChI is InChI=1S/C7H10N2O2/c1-2-9-5-3-4-6(9)11-7(8)10/h3-5H,2H2,1H3,(H2,8,10). The van der Waals surface area contributed by atoms with E-state index in [1.165, 1.54) is 0 Å². The van der Waals surface area contributed by atoms with Crippen LogP contribution in [0.5, 0.6) is 5.88 Å². The first-order valence-electron chi connectivity index (χ1n) is 3.36. The van der Waals surface area contributed by atoms with Crippen molar-refractivity contribution in [3.63, 3.8) is 0 Å². The molecule has 60 valence electrons. The fourth-order valence-electron chi connectivity index (χ4n) is 0.855. The third kappa shape index (κ3) is 1.73. The van der Waals surface area contributed by atoms with E-state index in [9.17, 15) is 4.79 Å². The van der Waals surface area contributed by atoms with Crippen LogP contribution in [0.4, 0.5) is 4.79 Å². The number of aromatic nitrogens is 1. The average molecular weight is 154 g/mol. The molecule has 0 bridgehead atoms. The van der Waals surface area contributed by atoms with Crippen LogP contribution in [0.2, 0.25) is 0 Å². The molecule has 1 amide bonds. The molecule has 0 radical (unpaired) electrons. The summed E-state index contributed by atoms with van der Waals surface area (Å²) in [6, 6.07) is 3.48. The average Bonchev–Trinajstić information content (AvgIpc) is 2.34. The number of hydrogen-bond donors (Lipinski definition) is 1. The summed E-state index contributed by atoms with van der Waals surface area (Å²) in [6.07, 6.45) is 1.04. The van der Waals surface area contributed by atoms with Crippen LogP contribution in [0, 0.1) is 0 Å². The SMILES string of the molecule is CCn1cccc1OC(N)=O. The molecule has 0 aliphatic heterocycles. The molecule has 4 heteroatoms. The largest absolute Gasteiger partial charge is 0.411 e. The maximum Gasteiger partial charge on any atom is 0.411 e. The molecular formula is C7H10N2O2. The molecule has 2 N–H and O–H groups in total. The fraction of sp³-hybridized carbons (Fsp3) is 0.286. The monoisotopic (exact) mass is 154 g/mol. The predicted octanol–water partition coefficient (Wildman–Crippen LogP) is 0.966. The third-order valence-corrected chi connectivity index (χ3v) is 1.33. The highest BCUT2D eigenvalue weighted by atomic mass is 16.6. The van der Waals surface area contributed by atoms with Crippen LogP contribution in [-0.2, 0) is 6.54 Å². The van der Waals surface area contributed by atoms with Gasteiger partial charge >= 0.3 is 6.09 Å². The number of carbonyl (C=O) groups is 1. The smallest absolute Gasteiger partial charge is 0.393 e. The summed E-state index contributed by atoms with van der Waals surface area (Å²) in [5.41, 5.74) is 4.83. The quantitative estimate of drug-likeness (QED) is 0.689. The Hall–Kier alpha value is -1.45. The molecule has 0 fully saturated rings. The number of rotatable bonds is 2. The van der Waals surface area contributed by atoms with Gasteiger partial charge in [-0.05, 0) is 13.0 Å². The number of amides is 1. The molecule has 0 aliphatic rings. The maximum atomic E-state index is 10.3. The first kappa shape index (κ1) is 7.65. The van der Waals surface area contributed by atoms with Gasteiger partial charge in [-0.2, -0.15) is 0 Å². The summed E-state index contributed by atoms with van der Waals surface area (Å²) in [5, 5.41) is 0. The van der Waals surface area contributed by atoms with Gasteiger partial charge in [-0.15, -0.1) is 0 Å². The molecule has 0 unspecified atom stereocenters. The number of ether oxygens (including phenoxy) is 1. The van der Waals surface area contributed by atoms with E-state index in [0.29, 0.717) is 5.88 Å². The molecule has 0 aromatic carbocycles. The first-order chi connectivity index (χ1) is 5.24. The van der Waals surface area contributed by atoms with E-state index in [1.54, 1.807) is 16.7 Å².